The van der Waals surface area contributed by atoms with Crippen LogP contribution in [0.3, 0.4) is 0 Å². The summed E-state index contributed by atoms with van der Waals surface area (Å²) < 4.78 is 5.77. The minimum Gasteiger partial charge on any atom is -0.457 e. The fourth-order valence-corrected chi connectivity index (χ4v) is 1.39. The zero-order valence-electron chi connectivity index (χ0n) is 7.30. The minimum atomic E-state index is -0.622. The van der Waals surface area contributed by atoms with Crippen molar-refractivity contribution in [2.45, 2.75) is 32.3 Å². The fourth-order valence-electron chi connectivity index (χ4n) is 1.00. The molecule has 0 amide bonds. The van der Waals surface area contributed by atoms with Crippen LogP contribution in [-0.2, 0) is 6.42 Å². The highest BCUT2D eigenvalue weighted by Gasteiger charge is 2.18. The van der Waals surface area contributed by atoms with Crippen LogP contribution in [0, 0.1) is 0 Å². The smallest absolute Gasteiger partial charge is 0.169 e. The third-order valence-electron chi connectivity index (χ3n) is 1.97. The van der Waals surface area contributed by atoms with Gasteiger partial charge in [-0.3, -0.25) is 0 Å². The van der Waals surface area contributed by atoms with Gasteiger partial charge in [-0.05, 0) is 40.9 Å². The number of hydrogen-bond donors (Lipinski definition) is 1. The van der Waals surface area contributed by atoms with Gasteiger partial charge in [0, 0.05) is 6.42 Å². The van der Waals surface area contributed by atoms with Crippen LogP contribution < -0.4 is 0 Å². The Labute approximate surface area is 80.7 Å². The predicted octanol–water partition coefficient (Wildman–Crippen LogP) is 2.75. The van der Waals surface area contributed by atoms with E-state index in [0.29, 0.717) is 11.1 Å². The molecule has 1 atom stereocenters. The SMILES string of the molecule is CCC(C)(O)Cc1coc(Br)c1. The van der Waals surface area contributed by atoms with Gasteiger partial charge in [0.2, 0.25) is 0 Å². The van der Waals surface area contributed by atoms with E-state index in [9.17, 15) is 5.11 Å². The average Bonchev–Trinajstić information content (AvgIpc) is 2.35. The van der Waals surface area contributed by atoms with Gasteiger partial charge in [-0.2, -0.15) is 0 Å². The van der Waals surface area contributed by atoms with Gasteiger partial charge < -0.3 is 9.52 Å². The van der Waals surface area contributed by atoms with Gasteiger partial charge >= 0.3 is 0 Å². The summed E-state index contributed by atoms with van der Waals surface area (Å²) in [6.45, 7) is 3.79. The maximum Gasteiger partial charge on any atom is 0.169 e. The highest BCUT2D eigenvalue weighted by Crippen LogP contribution is 2.20. The molecule has 0 aliphatic rings. The molecule has 1 aromatic rings. The summed E-state index contributed by atoms with van der Waals surface area (Å²) in [6.07, 6.45) is 3.04. The van der Waals surface area contributed by atoms with Crippen molar-refractivity contribution in [2.24, 2.45) is 0 Å². The summed E-state index contributed by atoms with van der Waals surface area (Å²) in [5, 5.41) is 9.73. The molecule has 3 heteroatoms. The van der Waals surface area contributed by atoms with Crippen LogP contribution in [0.25, 0.3) is 0 Å². The first kappa shape index (κ1) is 9.81. The van der Waals surface area contributed by atoms with Crippen molar-refractivity contribution in [2.75, 3.05) is 0 Å². The topological polar surface area (TPSA) is 33.4 Å². The Balaban J connectivity index is 2.63. The third kappa shape index (κ3) is 2.64. The van der Waals surface area contributed by atoms with Crippen LogP contribution in [0.2, 0.25) is 0 Å². The molecule has 0 fully saturated rings. The molecule has 1 N–H and O–H groups in total. The Morgan fingerprint density at radius 2 is 2.33 bits per heavy atom. The number of rotatable bonds is 3. The third-order valence-corrected chi connectivity index (χ3v) is 2.38. The van der Waals surface area contributed by atoms with Crippen molar-refractivity contribution in [3.8, 4) is 0 Å². The molecule has 1 aromatic heterocycles. The van der Waals surface area contributed by atoms with Gasteiger partial charge in [-0.15, -0.1) is 0 Å². The Morgan fingerprint density at radius 3 is 2.75 bits per heavy atom. The van der Waals surface area contributed by atoms with Gasteiger partial charge in [0.1, 0.15) is 0 Å². The van der Waals surface area contributed by atoms with Crippen LogP contribution in [0.1, 0.15) is 25.8 Å². The molecular formula is C9H13BrO2. The van der Waals surface area contributed by atoms with Crippen molar-refractivity contribution in [3.05, 3.63) is 22.6 Å². The lowest BCUT2D eigenvalue weighted by atomic mass is 9.96. The van der Waals surface area contributed by atoms with E-state index < -0.39 is 5.60 Å². The summed E-state index contributed by atoms with van der Waals surface area (Å²) in [5.41, 5.74) is 0.400. The summed E-state index contributed by atoms with van der Waals surface area (Å²) >= 11 is 3.21. The van der Waals surface area contributed by atoms with Crippen molar-refractivity contribution < 1.29 is 9.52 Å². The van der Waals surface area contributed by atoms with E-state index in [1.165, 1.54) is 0 Å². The van der Waals surface area contributed by atoms with Gasteiger partial charge in [-0.1, -0.05) is 6.92 Å². The van der Waals surface area contributed by atoms with Crippen molar-refractivity contribution in [3.63, 3.8) is 0 Å². The molecule has 0 saturated heterocycles. The average molecular weight is 233 g/mol. The zero-order valence-corrected chi connectivity index (χ0v) is 8.89. The Hall–Kier alpha value is -0.280. The first-order valence-electron chi connectivity index (χ1n) is 3.99. The number of furan rings is 1. The molecule has 2 nitrogen and oxygen atoms in total. The summed E-state index contributed by atoms with van der Waals surface area (Å²) in [6, 6.07) is 1.88. The standard InChI is InChI=1S/C9H13BrO2/c1-3-9(2,11)5-7-4-8(10)12-6-7/h4,6,11H,3,5H2,1-2H3. The second-order valence-electron chi connectivity index (χ2n) is 3.29. The minimum absolute atomic E-state index is 0.622. The first-order valence-corrected chi connectivity index (χ1v) is 4.78. The van der Waals surface area contributed by atoms with Crippen LogP contribution in [0.5, 0.6) is 0 Å². The molecule has 68 valence electrons. The van der Waals surface area contributed by atoms with E-state index in [1.54, 1.807) is 6.26 Å². The molecule has 0 saturated carbocycles. The van der Waals surface area contributed by atoms with Gasteiger partial charge in [0.05, 0.1) is 11.9 Å². The number of halogens is 1. The number of hydrogen-bond acceptors (Lipinski definition) is 2. The molecule has 0 bridgehead atoms. The second kappa shape index (κ2) is 3.62. The molecule has 0 radical (unpaired) electrons. The van der Waals surface area contributed by atoms with Crippen LogP contribution >= 0.6 is 15.9 Å². The lowest BCUT2D eigenvalue weighted by molar-refractivity contribution is 0.0563. The van der Waals surface area contributed by atoms with E-state index in [2.05, 4.69) is 15.9 Å². The fraction of sp³-hybridized carbons (Fsp3) is 0.556. The van der Waals surface area contributed by atoms with E-state index >= 15 is 0 Å². The molecule has 1 rings (SSSR count). The first-order chi connectivity index (χ1) is 5.53. The Kier molecular flexibility index (Phi) is 2.96. The molecule has 1 unspecified atom stereocenters. The monoisotopic (exact) mass is 232 g/mol. The van der Waals surface area contributed by atoms with E-state index in [4.69, 9.17) is 4.42 Å². The van der Waals surface area contributed by atoms with Crippen LogP contribution in [0.15, 0.2) is 21.4 Å². The maximum atomic E-state index is 9.73. The quantitative estimate of drug-likeness (QED) is 0.870. The van der Waals surface area contributed by atoms with E-state index in [0.717, 1.165) is 12.0 Å². The molecule has 0 aliphatic carbocycles. The highest BCUT2D eigenvalue weighted by molar-refractivity contribution is 9.10. The Morgan fingerprint density at radius 1 is 1.67 bits per heavy atom. The molecule has 12 heavy (non-hydrogen) atoms. The Bertz CT molecular complexity index is 253. The molecule has 1 heterocycles. The normalized spacial score (nSPS) is 16.0. The lowest BCUT2D eigenvalue weighted by Gasteiger charge is -2.19. The zero-order chi connectivity index (χ0) is 9.19. The van der Waals surface area contributed by atoms with Crippen LogP contribution in [0.4, 0.5) is 0 Å². The molecule has 0 spiro atoms. The van der Waals surface area contributed by atoms with E-state index in [1.807, 2.05) is 19.9 Å². The maximum absolute atomic E-state index is 9.73. The predicted molar refractivity (Wildman–Crippen MR) is 51.0 cm³/mol. The van der Waals surface area contributed by atoms with Crippen molar-refractivity contribution in [1.82, 2.24) is 0 Å². The molecule has 0 aromatic carbocycles. The van der Waals surface area contributed by atoms with Gasteiger partial charge in [-0.25, -0.2) is 0 Å². The molecule has 0 aliphatic heterocycles. The van der Waals surface area contributed by atoms with Crippen molar-refractivity contribution in [1.29, 1.82) is 0 Å². The molecular weight excluding hydrogens is 220 g/mol. The summed E-state index contributed by atoms with van der Waals surface area (Å²) in [4.78, 5) is 0. The van der Waals surface area contributed by atoms with Gasteiger partial charge in [0.25, 0.3) is 0 Å². The highest BCUT2D eigenvalue weighted by atomic mass is 79.9. The lowest BCUT2D eigenvalue weighted by Crippen LogP contribution is -2.25. The van der Waals surface area contributed by atoms with Gasteiger partial charge in [0.15, 0.2) is 4.67 Å². The van der Waals surface area contributed by atoms with Crippen LogP contribution in [-0.4, -0.2) is 10.7 Å². The largest absolute Gasteiger partial charge is 0.457 e. The van der Waals surface area contributed by atoms with E-state index in [-0.39, 0.29) is 0 Å². The second-order valence-corrected chi connectivity index (χ2v) is 4.07. The summed E-state index contributed by atoms with van der Waals surface area (Å²) in [7, 11) is 0. The van der Waals surface area contributed by atoms with Crippen molar-refractivity contribution >= 4 is 15.9 Å². The number of aliphatic hydroxyl groups is 1. The summed E-state index contributed by atoms with van der Waals surface area (Å²) in [5.74, 6) is 0.